The average Bonchev–Trinajstić information content (AvgIpc) is 2.60. The second kappa shape index (κ2) is 8.17. The van der Waals surface area contributed by atoms with E-state index in [1.807, 2.05) is 6.07 Å². The molecule has 0 aromatic heterocycles. The smallest absolute Gasteiger partial charge is 0.266 e. The van der Waals surface area contributed by atoms with Gasteiger partial charge in [0, 0.05) is 5.69 Å². The van der Waals surface area contributed by atoms with Crippen LogP contribution in [0, 0.1) is 11.3 Å². The van der Waals surface area contributed by atoms with E-state index in [0.29, 0.717) is 17.0 Å². The van der Waals surface area contributed by atoms with Gasteiger partial charge >= 0.3 is 0 Å². The van der Waals surface area contributed by atoms with E-state index in [-0.39, 0.29) is 17.9 Å². The van der Waals surface area contributed by atoms with Gasteiger partial charge in [0.1, 0.15) is 23.1 Å². The molecule has 7 heteroatoms. The molecule has 0 saturated carbocycles. The molecular weight excluding hydrogens is 322 g/mol. The number of nitrogens with zero attached hydrogens (tertiary/aromatic N) is 1. The SMILES string of the molecule is N#C/C(=C/c1cccc(OCC(N)=O)c1)C(=O)Nc1ccc(O)cc1. The molecule has 2 aromatic carbocycles. The lowest BCUT2D eigenvalue weighted by molar-refractivity contribution is -0.120. The van der Waals surface area contributed by atoms with E-state index in [4.69, 9.17) is 10.5 Å². The van der Waals surface area contributed by atoms with Crippen LogP contribution < -0.4 is 15.8 Å². The van der Waals surface area contributed by atoms with E-state index in [2.05, 4.69) is 5.32 Å². The largest absolute Gasteiger partial charge is 0.508 e. The second-order valence-electron chi connectivity index (χ2n) is 5.00. The number of phenolic OH excluding ortho intramolecular Hbond substituents is 1. The fourth-order valence-corrected chi connectivity index (χ4v) is 1.91. The highest BCUT2D eigenvalue weighted by molar-refractivity contribution is 6.09. The summed E-state index contributed by atoms with van der Waals surface area (Å²) in [5.74, 6) is -0.728. The number of amides is 2. The Labute approximate surface area is 144 Å². The molecule has 0 spiro atoms. The van der Waals surface area contributed by atoms with Gasteiger partial charge in [0.2, 0.25) is 0 Å². The summed E-state index contributed by atoms with van der Waals surface area (Å²) in [6.07, 6.45) is 1.40. The van der Waals surface area contributed by atoms with Crippen LogP contribution in [0.5, 0.6) is 11.5 Å². The number of carbonyl (C=O) groups excluding carboxylic acids is 2. The quantitative estimate of drug-likeness (QED) is 0.421. The van der Waals surface area contributed by atoms with Crippen molar-refractivity contribution in [2.45, 2.75) is 0 Å². The molecule has 0 fully saturated rings. The van der Waals surface area contributed by atoms with Gasteiger partial charge in [-0.3, -0.25) is 9.59 Å². The number of hydrogen-bond donors (Lipinski definition) is 3. The molecule has 0 aliphatic heterocycles. The summed E-state index contributed by atoms with van der Waals surface area (Å²) in [5, 5.41) is 21.0. The fraction of sp³-hybridized carbons (Fsp3) is 0.0556. The van der Waals surface area contributed by atoms with Gasteiger partial charge in [0.25, 0.3) is 11.8 Å². The molecule has 126 valence electrons. The van der Waals surface area contributed by atoms with Gasteiger partial charge in [-0.25, -0.2) is 0 Å². The van der Waals surface area contributed by atoms with Crippen LogP contribution in [-0.4, -0.2) is 23.5 Å². The Bertz CT molecular complexity index is 851. The number of carbonyl (C=O) groups is 2. The van der Waals surface area contributed by atoms with Gasteiger partial charge in [-0.1, -0.05) is 12.1 Å². The Morgan fingerprint density at radius 1 is 1.24 bits per heavy atom. The Morgan fingerprint density at radius 2 is 1.96 bits per heavy atom. The van der Waals surface area contributed by atoms with Crippen molar-refractivity contribution in [3.05, 3.63) is 59.7 Å². The standard InChI is InChI=1S/C18H15N3O4/c19-10-13(18(24)21-14-4-6-15(22)7-5-14)8-12-2-1-3-16(9-12)25-11-17(20)23/h1-9,22H,11H2,(H2,20,23)(H,21,24)/b13-8-. The summed E-state index contributed by atoms with van der Waals surface area (Å²) in [6.45, 7) is -0.264. The van der Waals surface area contributed by atoms with Gasteiger partial charge in [-0.05, 0) is 48.0 Å². The van der Waals surface area contributed by atoms with Crippen molar-refractivity contribution < 1.29 is 19.4 Å². The number of benzene rings is 2. The van der Waals surface area contributed by atoms with Crippen LogP contribution in [0.25, 0.3) is 6.08 Å². The van der Waals surface area contributed by atoms with E-state index in [1.165, 1.54) is 30.3 Å². The molecule has 0 bridgehead atoms. The van der Waals surface area contributed by atoms with Crippen LogP contribution in [0.15, 0.2) is 54.1 Å². The Kier molecular flexibility index (Phi) is 5.74. The number of nitriles is 1. The molecule has 0 saturated heterocycles. The summed E-state index contributed by atoms with van der Waals surface area (Å²) in [4.78, 5) is 22.9. The van der Waals surface area contributed by atoms with Crippen LogP contribution in [-0.2, 0) is 9.59 Å². The fourth-order valence-electron chi connectivity index (χ4n) is 1.91. The highest BCUT2D eigenvalue weighted by atomic mass is 16.5. The number of primary amides is 1. The minimum atomic E-state index is -0.605. The van der Waals surface area contributed by atoms with E-state index in [1.54, 1.807) is 24.3 Å². The highest BCUT2D eigenvalue weighted by Gasteiger charge is 2.10. The number of aromatic hydroxyl groups is 1. The molecular formula is C18H15N3O4. The summed E-state index contributed by atoms with van der Waals surface area (Å²) >= 11 is 0. The Balaban J connectivity index is 2.14. The van der Waals surface area contributed by atoms with Crippen molar-refractivity contribution in [1.82, 2.24) is 0 Å². The summed E-state index contributed by atoms with van der Waals surface area (Å²) < 4.78 is 5.18. The molecule has 2 amide bonds. The van der Waals surface area contributed by atoms with Crippen LogP contribution in [0.3, 0.4) is 0 Å². The molecule has 2 rings (SSSR count). The van der Waals surface area contributed by atoms with Gasteiger partial charge in [0.05, 0.1) is 0 Å². The molecule has 7 nitrogen and oxygen atoms in total. The predicted octanol–water partition coefficient (Wildman–Crippen LogP) is 1.80. The Hall–Kier alpha value is -3.79. The minimum Gasteiger partial charge on any atom is -0.508 e. The first kappa shape index (κ1) is 17.6. The zero-order chi connectivity index (χ0) is 18.2. The number of hydrogen-bond acceptors (Lipinski definition) is 5. The first-order valence-electron chi connectivity index (χ1n) is 7.21. The zero-order valence-electron chi connectivity index (χ0n) is 13.1. The van der Waals surface area contributed by atoms with E-state index < -0.39 is 11.8 Å². The first-order chi connectivity index (χ1) is 12.0. The predicted molar refractivity (Wildman–Crippen MR) is 91.5 cm³/mol. The maximum Gasteiger partial charge on any atom is 0.266 e. The van der Waals surface area contributed by atoms with Crippen molar-refractivity contribution >= 4 is 23.6 Å². The van der Waals surface area contributed by atoms with Crippen molar-refractivity contribution in [2.24, 2.45) is 5.73 Å². The number of ether oxygens (including phenoxy) is 1. The molecule has 2 aromatic rings. The van der Waals surface area contributed by atoms with Crippen LogP contribution in [0.2, 0.25) is 0 Å². The normalized spacial score (nSPS) is 10.6. The third kappa shape index (κ3) is 5.41. The van der Waals surface area contributed by atoms with Gasteiger partial charge in [0.15, 0.2) is 6.61 Å². The topological polar surface area (TPSA) is 125 Å². The summed E-state index contributed by atoms with van der Waals surface area (Å²) in [7, 11) is 0. The number of phenols is 1. The number of nitrogens with one attached hydrogen (secondary N) is 1. The van der Waals surface area contributed by atoms with Crippen molar-refractivity contribution in [3.8, 4) is 17.6 Å². The van der Waals surface area contributed by atoms with Crippen molar-refractivity contribution in [3.63, 3.8) is 0 Å². The zero-order valence-corrected chi connectivity index (χ0v) is 13.1. The maximum absolute atomic E-state index is 12.2. The third-order valence-electron chi connectivity index (χ3n) is 3.04. The molecule has 25 heavy (non-hydrogen) atoms. The van der Waals surface area contributed by atoms with Crippen LogP contribution in [0.1, 0.15) is 5.56 Å². The van der Waals surface area contributed by atoms with Crippen LogP contribution >= 0.6 is 0 Å². The lowest BCUT2D eigenvalue weighted by atomic mass is 10.1. The van der Waals surface area contributed by atoms with E-state index in [9.17, 15) is 20.0 Å². The molecule has 0 aliphatic rings. The molecule has 4 N–H and O–H groups in total. The van der Waals surface area contributed by atoms with E-state index >= 15 is 0 Å². The summed E-state index contributed by atoms with van der Waals surface area (Å²) in [5.41, 5.74) is 5.91. The van der Waals surface area contributed by atoms with Crippen LogP contribution in [0.4, 0.5) is 5.69 Å². The first-order valence-corrected chi connectivity index (χ1v) is 7.21. The number of anilines is 1. The minimum absolute atomic E-state index is 0.0711. The molecule has 0 heterocycles. The number of nitrogens with two attached hydrogens (primary N) is 1. The lowest BCUT2D eigenvalue weighted by Crippen LogP contribution is -2.20. The Morgan fingerprint density at radius 3 is 2.60 bits per heavy atom. The van der Waals surface area contributed by atoms with Crippen molar-refractivity contribution in [2.75, 3.05) is 11.9 Å². The van der Waals surface area contributed by atoms with Crippen molar-refractivity contribution in [1.29, 1.82) is 5.26 Å². The third-order valence-corrected chi connectivity index (χ3v) is 3.04. The lowest BCUT2D eigenvalue weighted by Gasteiger charge is -2.06. The van der Waals surface area contributed by atoms with Gasteiger partial charge < -0.3 is 20.9 Å². The molecule has 0 aliphatic carbocycles. The molecule has 0 radical (unpaired) electrons. The highest BCUT2D eigenvalue weighted by Crippen LogP contribution is 2.18. The monoisotopic (exact) mass is 337 g/mol. The summed E-state index contributed by atoms with van der Waals surface area (Å²) in [6, 6.07) is 14.3. The van der Waals surface area contributed by atoms with E-state index in [0.717, 1.165) is 0 Å². The maximum atomic E-state index is 12.2. The van der Waals surface area contributed by atoms with Gasteiger partial charge in [-0.2, -0.15) is 5.26 Å². The van der Waals surface area contributed by atoms with Gasteiger partial charge in [-0.15, -0.1) is 0 Å². The molecule has 0 atom stereocenters. The second-order valence-corrected chi connectivity index (χ2v) is 5.00. The molecule has 0 unspecified atom stereocenters. The number of rotatable bonds is 6. The average molecular weight is 337 g/mol.